The highest BCUT2D eigenvalue weighted by atomic mass is 15.2. The van der Waals surface area contributed by atoms with Crippen LogP contribution in [0.5, 0.6) is 0 Å². The minimum atomic E-state index is 0.706. The molecule has 5 nitrogen and oxygen atoms in total. The smallest absolute Gasteiger partial charge is 0.178 e. The van der Waals surface area contributed by atoms with Gasteiger partial charge >= 0.3 is 0 Å². The Morgan fingerprint density at radius 1 is 1.00 bits per heavy atom. The number of nitrogens with one attached hydrogen (secondary N) is 2. The number of benzene rings is 1. The predicted molar refractivity (Wildman–Crippen MR) is 78.9 cm³/mol. The summed E-state index contributed by atoms with van der Waals surface area (Å²) in [5.74, 6) is 0.706. The van der Waals surface area contributed by atoms with E-state index in [4.69, 9.17) is 0 Å². The molecule has 0 unspecified atom stereocenters. The second-order valence-corrected chi connectivity index (χ2v) is 4.51. The molecule has 4 aromatic rings. The summed E-state index contributed by atoms with van der Waals surface area (Å²) >= 11 is 0. The maximum atomic E-state index is 4.42. The Labute approximate surface area is 114 Å². The molecule has 96 valence electrons. The van der Waals surface area contributed by atoms with Gasteiger partial charge in [0.05, 0.1) is 22.9 Å². The fourth-order valence-electron chi connectivity index (χ4n) is 2.22. The summed E-state index contributed by atoms with van der Waals surface area (Å²) in [5, 5.41) is 11.5. The first-order chi connectivity index (χ1) is 9.90. The van der Waals surface area contributed by atoms with Gasteiger partial charge in [0.15, 0.2) is 5.82 Å². The number of H-pyrrole nitrogens is 1. The molecule has 3 aromatic heterocycles. The van der Waals surface area contributed by atoms with Crippen LogP contribution >= 0.6 is 0 Å². The number of para-hydroxylation sites is 1. The van der Waals surface area contributed by atoms with Crippen LogP contribution in [0.1, 0.15) is 0 Å². The number of nitrogens with zero attached hydrogens (tertiary/aromatic N) is 3. The summed E-state index contributed by atoms with van der Waals surface area (Å²) in [6, 6.07) is 13.9. The Hall–Kier alpha value is -2.95. The van der Waals surface area contributed by atoms with Gasteiger partial charge in [-0.3, -0.25) is 15.1 Å². The van der Waals surface area contributed by atoms with Crippen LogP contribution in [0.15, 0.2) is 54.9 Å². The van der Waals surface area contributed by atoms with E-state index in [1.54, 1.807) is 12.4 Å². The Morgan fingerprint density at radius 2 is 1.95 bits per heavy atom. The Morgan fingerprint density at radius 3 is 2.95 bits per heavy atom. The normalized spacial score (nSPS) is 11.0. The summed E-state index contributed by atoms with van der Waals surface area (Å²) in [5.41, 5.74) is 3.59. The van der Waals surface area contributed by atoms with E-state index >= 15 is 0 Å². The fraction of sp³-hybridized carbons (Fsp3) is 0. The Kier molecular flexibility index (Phi) is 2.35. The highest BCUT2D eigenvalue weighted by Crippen LogP contribution is 2.23. The number of aromatic nitrogens is 4. The van der Waals surface area contributed by atoms with Crippen molar-refractivity contribution in [2.24, 2.45) is 0 Å². The van der Waals surface area contributed by atoms with Crippen molar-refractivity contribution >= 4 is 33.4 Å². The van der Waals surface area contributed by atoms with E-state index in [2.05, 4.69) is 25.5 Å². The quantitative estimate of drug-likeness (QED) is 0.581. The van der Waals surface area contributed by atoms with E-state index in [0.717, 1.165) is 27.6 Å². The van der Waals surface area contributed by atoms with E-state index in [1.165, 1.54) is 0 Å². The van der Waals surface area contributed by atoms with Gasteiger partial charge in [-0.25, -0.2) is 0 Å². The van der Waals surface area contributed by atoms with Crippen LogP contribution in [0.3, 0.4) is 0 Å². The van der Waals surface area contributed by atoms with Gasteiger partial charge in [0, 0.05) is 11.6 Å². The van der Waals surface area contributed by atoms with Gasteiger partial charge in [-0.1, -0.05) is 18.2 Å². The van der Waals surface area contributed by atoms with Crippen molar-refractivity contribution in [1.82, 2.24) is 20.2 Å². The van der Waals surface area contributed by atoms with Crippen LogP contribution in [0, 0.1) is 0 Å². The predicted octanol–water partition coefficient (Wildman–Crippen LogP) is 3.25. The maximum absolute atomic E-state index is 4.42. The number of aromatic amines is 1. The van der Waals surface area contributed by atoms with Crippen molar-refractivity contribution in [3.05, 3.63) is 54.9 Å². The van der Waals surface area contributed by atoms with Gasteiger partial charge in [-0.05, 0) is 24.3 Å². The van der Waals surface area contributed by atoms with Crippen molar-refractivity contribution in [1.29, 1.82) is 0 Å². The van der Waals surface area contributed by atoms with Gasteiger partial charge < -0.3 is 5.32 Å². The summed E-state index contributed by atoms with van der Waals surface area (Å²) in [4.78, 5) is 8.74. The van der Waals surface area contributed by atoms with Crippen molar-refractivity contribution in [2.75, 3.05) is 5.32 Å². The molecule has 0 atom stereocenters. The molecular formula is C15H11N5. The van der Waals surface area contributed by atoms with E-state index in [-0.39, 0.29) is 0 Å². The first-order valence-electron chi connectivity index (χ1n) is 6.31. The van der Waals surface area contributed by atoms with Crippen LogP contribution in [0.25, 0.3) is 21.9 Å². The minimum absolute atomic E-state index is 0.706. The van der Waals surface area contributed by atoms with E-state index < -0.39 is 0 Å². The number of rotatable bonds is 2. The molecule has 2 N–H and O–H groups in total. The van der Waals surface area contributed by atoms with Crippen LogP contribution < -0.4 is 5.32 Å². The van der Waals surface area contributed by atoms with Crippen molar-refractivity contribution in [2.45, 2.75) is 0 Å². The summed E-state index contributed by atoms with van der Waals surface area (Å²) < 4.78 is 0. The van der Waals surface area contributed by atoms with Gasteiger partial charge in [-0.2, -0.15) is 5.10 Å². The minimum Gasteiger partial charge on any atom is -0.336 e. The van der Waals surface area contributed by atoms with Crippen LogP contribution in [-0.4, -0.2) is 20.2 Å². The van der Waals surface area contributed by atoms with Gasteiger partial charge in [-0.15, -0.1) is 0 Å². The molecule has 0 amide bonds. The summed E-state index contributed by atoms with van der Waals surface area (Å²) in [7, 11) is 0. The van der Waals surface area contributed by atoms with Gasteiger partial charge in [0.25, 0.3) is 0 Å². The second kappa shape index (κ2) is 4.31. The number of fused-ring (bicyclic) bond motifs is 2. The zero-order valence-electron chi connectivity index (χ0n) is 10.5. The molecule has 0 fully saturated rings. The lowest BCUT2D eigenvalue weighted by atomic mass is 10.2. The molecule has 0 radical (unpaired) electrons. The molecule has 0 aliphatic heterocycles. The number of hydrogen-bond acceptors (Lipinski definition) is 4. The summed E-state index contributed by atoms with van der Waals surface area (Å²) in [6.07, 6.45) is 3.55. The summed E-state index contributed by atoms with van der Waals surface area (Å²) in [6.45, 7) is 0. The van der Waals surface area contributed by atoms with Gasteiger partial charge in [0.2, 0.25) is 0 Å². The lowest BCUT2D eigenvalue weighted by molar-refractivity contribution is 1.12. The third-order valence-electron chi connectivity index (χ3n) is 3.17. The molecule has 20 heavy (non-hydrogen) atoms. The molecule has 3 heterocycles. The molecule has 1 aromatic carbocycles. The van der Waals surface area contributed by atoms with Crippen molar-refractivity contribution in [3.8, 4) is 0 Å². The average Bonchev–Trinajstić information content (AvgIpc) is 2.91. The number of anilines is 2. The Bertz CT molecular complexity index is 897. The molecule has 0 aliphatic carbocycles. The van der Waals surface area contributed by atoms with E-state index in [9.17, 15) is 0 Å². The third kappa shape index (κ3) is 1.76. The lowest BCUT2D eigenvalue weighted by Crippen LogP contribution is -1.93. The van der Waals surface area contributed by atoms with Crippen LogP contribution in [-0.2, 0) is 0 Å². The second-order valence-electron chi connectivity index (χ2n) is 4.51. The molecule has 5 heteroatoms. The third-order valence-corrected chi connectivity index (χ3v) is 3.17. The standard InChI is InChI=1S/C15H11N5/c1-2-5-12-10(4-1)8-11(9-17-12)18-15-14-13(19-20-15)6-3-7-16-14/h1-9H,(H2,18,19,20). The molecular weight excluding hydrogens is 250 g/mol. The topological polar surface area (TPSA) is 66.5 Å². The Balaban J connectivity index is 1.76. The molecule has 0 saturated carbocycles. The zero-order chi connectivity index (χ0) is 13.4. The van der Waals surface area contributed by atoms with Gasteiger partial charge in [0.1, 0.15) is 5.52 Å². The molecule has 0 bridgehead atoms. The molecule has 0 saturated heterocycles. The van der Waals surface area contributed by atoms with Crippen molar-refractivity contribution in [3.63, 3.8) is 0 Å². The van der Waals surface area contributed by atoms with Crippen LogP contribution in [0.2, 0.25) is 0 Å². The SMILES string of the molecule is c1ccc2ncc(Nc3n[nH]c4cccnc34)cc2c1. The largest absolute Gasteiger partial charge is 0.336 e. The number of hydrogen-bond donors (Lipinski definition) is 2. The molecule has 0 aliphatic rings. The molecule has 4 rings (SSSR count). The van der Waals surface area contributed by atoms with Crippen molar-refractivity contribution < 1.29 is 0 Å². The van der Waals surface area contributed by atoms with E-state index in [1.807, 2.05) is 42.5 Å². The average molecular weight is 261 g/mol. The highest BCUT2D eigenvalue weighted by molar-refractivity contribution is 5.89. The van der Waals surface area contributed by atoms with E-state index in [0.29, 0.717) is 5.82 Å². The zero-order valence-corrected chi connectivity index (χ0v) is 10.5. The first-order valence-corrected chi connectivity index (χ1v) is 6.31. The highest BCUT2D eigenvalue weighted by Gasteiger charge is 2.06. The number of pyridine rings is 2. The molecule has 0 spiro atoms. The maximum Gasteiger partial charge on any atom is 0.178 e. The fourth-order valence-corrected chi connectivity index (χ4v) is 2.22. The lowest BCUT2D eigenvalue weighted by Gasteiger charge is -2.04. The van der Waals surface area contributed by atoms with Crippen LogP contribution in [0.4, 0.5) is 11.5 Å². The first kappa shape index (κ1) is 10.9. The monoisotopic (exact) mass is 261 g/mol.